The molecule has 1 unspecified atom stereocenters. The number of hydrogen-bond acceptors (Lipinski definition) is 2. The van der Waals surface area contributed by atoms with Gasteiger partial charge in [-0.3, -0.25) is 0 Å². The van der Waals surface area contributed by atoms with Crippen molar-refractivity contribution >= 4 is 0 Å². The van der Waals surface area contributed by atoms with E-state index in [9.17, 15) is 0 Å². The van der Waals surface area contributed by atoms with Crippen LogP contribution in [0.1, 0.15) is 26.7 Å². The number of nitrogens with two attached hydrogens (primary N) is 1. The Balaban J connectivity index is 2.88. The van der Waals surface area contributed by atoms with Gasteiger partial charge in [-0.15, -0.1) is 0 Å². The summed E-state index contributed by atoms with van der Waals surface area (Å²) < 4.78 is 0. The third-order valence-corrected chi connectivity index (χ3v) is 1.66. The van der Waals surface area contributed by atoms with Gasteiger partial charge in [-0.05, 0) is 18.9 Å². The fraction of sp³-hybridized carbons (Fsp3) is 1.00. The molecule has 1 atom stereocenters. The highest BCUT2D eigenvalue weighted by Crippen LogP contribution is 2.03. The van der Waals surface area contributed by atoms with Crippen molar-refractivity contribution in [2.75, 3.05) is 13.2 Å². The minimum atomic E-state index is 0.608. The lowest BCUT2D eigenvalue weighted by Gasteiger charge is -2.06. The monoisotopic (exact) mass is 130 g/mol. The molecule has 0 saturated heterocycles. The summed E-state index contributed by atoms with van der Waals surface area (Å²) in [5.74, 6) is 0.837. The number of nitrogens with one attached hydrogen (secondary N) is 1. The van der Waals surface area contributed by atoms with Crippen molar-refractivity contribution in [3.8, 4) is 0 Å². The molecule has 0 fully saturated rings. The van der Waals surface area contributed by atoms with Crippen LogP contribution < -0.4 is 11.1 Å². The van der Waals surface area contributed by atoms with Gasteiger partial charge in [0.2, 0.25) is 0 Å². The van der Waals surface area contributed by atoms with Crippen LogP contribution in [0.5, 0.6) is 0 Å². The highest BCUT2D eigenvalue weighted by atomic mass is 14.9. The van der Waals surface area contributed by atoms with Gasteiger partial charge in [-0.1, -0.05) is 20.3 Å². The Morgan fingerprint density at radius 3 is 2.67 bits per heavy atom. The van der Waals surface area contributed by atoms with Crippen molar-refractivity contribution in [2.45, 2.75) is 26.7 Å². The molecule has 0 aromatic rings. The zero-order valence-corrected chi connectivity index (χ0v) is 6.48. The molecule has 9 heavy (non-hydrogen) atoms. The lowest BCUT2D eigenvalue weighted by atomic mass is 10.1. The molecular formula is C7H18N2. The molecule has 0 amide bonds. The topological polar surface area (TPSA) is 38.0 Å². The van der Waals surface area contributed by atoms with Crippen molar-refractivity contribution < 1.29 is 0 Å². The Hall–Kier alpha value is -0.0800. The molecule has 0 bridgehead atoms. The molecule has 0 heterocycles. The summed E-state index contributed by atoms with van der Waals surface area (Å²) in [4.78, 5) is 0. The van der Waals surface area contributed by atoms with E-state index in [1.54, 1.807) is 0 Å². The summed E-state index contributed by atoms with van der Waals surface area (Å²) in [5, 5.41) is 3.09. The average Bonchev–Trinajstić information content (AvgIpc) is 1.89. The van der Waals surface area contributed by atoms with E-state index < -0.39 is 0 Å². The van der Waals surface area contributed by atoms with E-state index in [2.05, 4.69) is 19.2 Å². The smallest absolute Gasteiger partial charge is 0.0428 e. The molecule has 0 aliphatic carbocycles. The molecular weight excluding hydrogens is 112 g/mol. The molecule has 0 radical (unpaired) electrons. The van der Waals surface area contributed by atoms with Gasteiger partial charge in [0, 0.05) is 6.67 Å². The predicted octanol–water partition coefficient (Wildman–Crippen LogP) is 0.928. The zero-order chi connectivity index (χ0) is 7.11. The second-order valence-electron chi connectivity index (χ2n) is 2.51. The van der Waals surface area contributed by atoms with Crippen LogP contribution in [0, 0.1) is 5.92 Å². The summed E-state index contributed by atoms with van der Waals surface area (Å²) in [5.41, 5.74) is 5.25. The van der Waals surface area contributed by atoms with Crippen molar-refractivity contribution in [2.24, 2.45) is 11.7 Å². The molecule has 3 N–H and O–H groups in total. The summed E-state index contributed by atoms with van der Waals surface area (Å²) >= 11 is 0. The predicted molar refractivity (Wildman–Crippen MR) is 41.1 cm³/mol. The van der Waals surface area contributed by atoms with Gasteiger partial charge in [-0.25, -0.2) is 0 Å². The molecule has 0 saturated carbocycles. The van der Waals surface area contributed by atoms with Gasteiger partial charge in [0.05, 0.1) is 0 Å². The van der Waals surface area contributed by atoms with E-state index in [1.165, 1.54) is 12.8 Å². The lowest BCUT2D eigenvalue weighted by molar-refractivity contribution is 0.491. The molecule has 0 rings (SSSR count). The fourth-order valence-electron chi connectivity index (χ4n) is 0.655. The molecule has 0 aromatic carbocycles. The van der Waals surface area contributed by atoms with Gasteiger partial charge in [0.15, 0.2) is 0 Å². The lowest BCUT2D eigenvalue weighted by Crippen LogP contribution is -2.24. The van der Waals surface area contributed by atoms with Gasteiger partial charge >= 0.3 is 0 Å². The van der Waals surface area contributed by atoms with Gasteiger partial charge in [0.1, 0.15) is 0 Å². The molecule has 56 valence electrons. The second kappa shape index (κ2) is 6.05. The first-order valence-corrected chi connectivity index (χ1v) is 3.72. The first-order valence-electron chi connectivity index (χ1n) is 3.72. The van der Waals surface area contributed by atoms with Gasteiger partial charge < -0.3 is 11.1 Å². The Kier molecular flexibility index (Phi) is 5.99. The van der Waals surface area contributed by atoms with E-state index in [1.807, 2.05) is 0 Å². The number of hydrogen-bond donors (Lipinski definition) is 2. The third-order valence-electron chi connectivity index (χ3n) is 1.66. The Bertz CT molecular complexity index is 54.9. The Morgan fingerprint density at radius 1 is 1.56 bits per heavy atom. The van der Waals surface area contributed by atoms with E-state index in [-0.39, 0.29) is 0 Å². The number of rotatable bonds is 5. The Labute approximate surface area is 57.8 Å². The SMILES string of the molecule is CCC(C)CCNCN. The van der Waals surface area contributed by atoms with E-state index in [4.69, 9.17) is 5.73 Å². The molecule has 0 aliphatic heterocycles. The average molecular weight is 130 g/mol. The van der Waals surface area contributed by atoms with Crippen molar-refractivity contribution in [3.63, 3.8) is 0 Å². The van der Waals surface area contributed by atoms with E-state index in [0.29, 0.717) is 6.67 Å². The quantitative estimate of drug-likeness (QED) is 0.429. The van der Waals surface area contributed by atoms with E-state index in [0.717, 1.165) is 12.5 Å². The van der Waals surface area contributed by atoms with Crippen molar-refractivity contribution in [1.29, 1.82) is 0 Å². The maximum atomic E-state index is 5.25. The highest BCUT2D eigenvalue weighted by molar-refractivity contribution is 4.51. The molecule has 0 spiro atoms. The maximum Gasteiger partial charge on any atom is 0.0428 e. The van der Waals surface area contributed by atoms with Crippen LogP contribution in [0.3, 0.4) is 0 Å². The Morgan fingerprint density at radius 2 is 2.22 bits per heavy atom. The minimum Gasteiger partial charge on any atom is -0.318 e. The largest absolute Gasteiger partial charge is 0.318 e. The molecule has 2 nitrogen and oxygen atoms in total. The first kappa shape index (κ1) is 8.92. The molecule has 2 heteroatoms. The molecule has 0 aromatic heterocycles. The van der Waals surface area contributed by atoms with Crippen LogP contribution in [0.15, 0.2) is 0 Å². The van der Waals surface area contributed by atoms with E-state index >= 15 is 0 Å². The standard InChI is InChI=1S/C7H18N2/c1-3-7(2)4-5-9-6-8/h7,9H,3-6,8H2,1-2H3. The van der Waals surface area contributed by atoms with Crippen LogP contribution in [-0.2, 0) is 0 Å². The zero-order valence-electron chi connectivity index (χ0n) is 6.48. The first-order chi connectivity index (χ1) is 4.31. The van der Waals surface area contributed by atoms with Crippen molar-refractivity contribution in [3.05, 3.63) is 0 Å². The van der Waals surface area contributed by atoms with Crippen LogP contribution in [0.25, 0.3) is 0 Å². The van der Waals surface area contributed by atoms with Gasteiger partial charge in [-0.2, -0.15) is 0 Å². The summed E-state index contributed by atoms with van der Waals surface area (Å²) in [6.07, 6.45) is 2.51. The third kappa shape index (κ3) is 5.80. The van der Waals surface area contributed by atoms with Gasteiger partial charge in [0.25, 0.3) is 0 Å². The molecule has 0 aliphatic rings. The van der Waals surface area contributed by atoms with Crippen LogP contribution >= 0.6 is 0 Å². The second-order valence-corrected chi connectivity index (χ2v) is 2.51. The minimum absolute atomic E-state index is 0.608. The van der Waals surface area contributed by atoms with Crippen LogP contribution in [0.2, 0.25) is 0 Å². The summed E-state index contributed by atoms with van der Waals surface area (Å²) in [7, 11) is 0. The van der Waals surface area contributed by atoms with Crippen LogP contribution in [-0.4, -0.2) is 13.2 Å². The summed E-state index contributed by atoms with van der Waals surface area (Å²) in [6.45, 7) is 6.15. The van der Waals surface area contributed by atoms with Crippen LogP contribution in [0.4, 0.5) is 0 Å². The maximum absolute atomic E-state index is 5.25. The fourth-order valence-corrected chi connectivity index (χ4v) is 0.655. The van der Waals surface area contributed by atoms with Crippen molar-refractivity contribution in [1.82, 2.24) is 5.32 Å². The normalized spacial score (nSPS) is 13.7. The summed E-state index contributed by atoms with van der Waals surface area (Å²) in [6, 6.07) is 0. The highest BCUT2D eigenvalue weighted by Gasteiger charge is 1.95.